The molecule has 1 N–H and O–H groups in total. The zero-order chi connectivity index (χ0) is 22.0. The summed E-state index contributed by atoms with van der Waals surface area (Å²) >= 11 is 1.41. The number of rotatable bonds is 5. The van der Waals surface area contributed by atoms with Crippen LogP contribution < -0.4 is 10.2 Å². The second-order valence-corrected chi connectivity index (χ2v) is 7.86. The van der Waals surface area contributed by atoms with Gasteiger partial charge in [-0.25, -0.2) is 4.39 Å². The Morgan fingerprint density at radius 1 is 1.10 bits per heavy atom. The second kappa shape index (κ2) is 8.57. The molecule has 0 spiro atoms. The summed E-state index contributed by atoms with van der Waals surface area (Å²) in [5, 5.41) is 13.3. The third-order valence-electron chi connectivity index (χ3n) is 4.70. The van der Waals surface area contributed by atoms with E-state index in [0.29, 0.717) is 11.4 Å². The molecule has 1 aliphatic rings. The number of nitrogens with zero attached hydrogens (tertiary/aromatic N) is 2. The quantitative estimate of drug-likeness (QED) is 0.459. The van der Waals surface area contributed by atoms with Gasteiger partial charge in [0.05, 0.1) is 10.7 Å². The van der Waals surface area contributed by atoms with Crippen molar-refractivity contribution in [2.24, 2.45) is 0 Å². The molecule has 31 heavy (non-hydrogen) atoms. The van der Waals surface area contributed by atoms with Gasteiger partial charge >= 0.3 is 0 Å². The van der Waals surface area contributed by atoms with E-state index in [9.17, 15) is 24.1 Å². The fourth-order valence-corrected chi connectivity index (χ4v) is 4.48. The molecule has 0 aromatic heterocycles. The molecule has 0 aliphatic carbocycles. The Morgan fingerprint density at radius 2 is 1.87 bits per heavy atom. The van der Waals surface area contributed by atoms with Gasteiger partial charge in [-0.15, -0.1) is 11.8 Å². The molecule has 1 atom stereocenters. The number of benzene rings is 3. The van der Waals surface area contributed by atoms with E-state index < -0.39 is 16.6 Å². The van der Waals surface area contributed by atoms with Crippen LogP contribution >= 0.6 is 11.8 Å². The molecule has 1 aliphatic heterocycles. The third kappa shape index (κ3) is 4.41. The minimum atomic E-state index is -0.563. The summed E-state index contributed by atoms with van der Waals surface area (Å²) in [6.07, 6.45) is 0. The maximum absolute atomic E-state index is 13.7. The van der Waals surface area contributed by atoms with Crippen molar-refractivity contribution in [2.75, 3.05) is 16.0 Å². The van der Waals surface area contributed by atoms with Gasteiger partial charge in [-0.05, 0) is 42.0 Å². The van der Waals surface area contributed by atoms with E-state index in [4.69, 9.17) is 0 Å². The lowest BCUT2D eigenvalue weighted by molar-refractivity contribution is -0.384. The van der Waals surface area contributed by atoms with Crippen molar-refractivity contribution in [3.63, 3.8) is 0 Å². The number of hydrogen-bond donors (Lipinski definition) is 1. The largest absolute Gasteiger partial charge is 0.322 e. The van der Waals surface area contributed by atoms with Crippen LogP contribution in [0.3, 0.4) is 0 Å². The van der Waals surface area contributed by atoms with E-state index in [1.165, 1.54) is 53.1 Å². The average molecular weight is 437 g/mol. The highest BCUT2D eigenvalue weighted by molar-refractivity contribution is 8.00. The minimum Gasteiger partial charge on any atom is -0.322 e. The SMILES string of the molecule is O=C(Nc1cccc([C@H]2SCC(=O)N2c2cccc(F)c2)c1)c1cccc([N+](=O)[O-])c1. The number of halogens is 1. The summed E-state index contributed by atoms with van der Waals surface area (Å²) in [5.41, 5.74) is 1.69. The van der Waals surface area contributed by atoms with Crippen LogP contribution in [-0.2, 0) is 4.79 Å². The molecule has 156 valence electrons. The smallest absolute Gasteiger partial charge is 0.270 e. The lowest BCUT2D eigenvalue weighted by Crippen LogP contribution is -2.27. The molecule has 7 nitrogen and oxygen atoms in total. The van der Waals surface area contributed by atoms with Crippen molar-refractivity contribution in [3.8, 4) is 0 Å². The summed E-state index contributed by atoms with van der Waals surface area (Å²) in [6, 6.07) is 18.3. The Bertz CT molecular complexity index is 1190. The molecule has 3 aromatic carbocycles. The molecule has 0 bridgehead atoms. The van der Waals surface area contributed by atoms with E-state index >= 15 is 0 Å². The molecular weight excluding hydrogens is 421 g/mol. The van der Waals surface area contributed by atoms with Crippen LogP contribution in [0.25, 0.3) is 0 Å². The van der Waals surface area contributed by atoms with Crippen molar-refractivity contribution in [2.45, 2.75) is 5.37 Å². The molecule has 1 heterocycles. The van der Waals surface area contributed by atoms with Crippen molar-refractivity contribution >= 4 is 40.6 Å². The highest BCUT2D eigenvalue weighted by Crippen LogP contribution is 2.42. The van der Waals surface area contributed by atoms with Gasteiger partial charge < -0.3 is 5.32 Å². The van der Waals surface area contributed by atoms with Gasteiger partial charge in [0.2, 0.25) is 5.91 Å². The molecular formula is C22H16FN3O4S. The number of non-ortho nitro benzene ring substituents is 1. The molecule has 0 radical (unpaired) electrons. The first-order valence-corrected chi connectivity index (χ1v) is 10.3. The Hall–Kier alpha value is -3.72. The molecule has 0 unspecified atom stereocenters. The lowest BCUT2D eigenvalue weighted by Gasteiger charge is -2.24. The maximum Gasteiger partial charge on any atom is 0.270 e. The number of carbonyl (C=O) groups excluding carboxylic acids is 2. The first-order valence-electron chi connectivity index (χ1n) is 9.27. The number of thioether (sulfide) groups is 1. The number of nitro groups is 1. The van der Waals surface area contributed by atoms with Gasteiger partial charge in [-0.1, -0.05) is 24.3 Å². The van der Waals surface area contributed by atoms with E-state index in [2.05, 4.69) is 5.32 Å². The highest BCUT2D eigenvalue weighted by Gasteiger charge is 2.34. The first-order chi connectivity index (χ1) is 14.9. The number of carbonyl (C=O) groups is 2. The van der Waals surface area contributed by atoms with Crippen molar-refractivity contribution in [1.29, 1.82) is 0 Å². The van der Waals surface area contributed by atoms with Gasteiger partial charge in [0.15, 0.2) is 0 Å². The lowest BCUT2D eigenvalue weighted by atomic mass is 10.1. The maximum atomic E-state index is 13.7. The van der Waals surface area contributed by atoms with Crippen LogP contribution in [0.1, 0.15) is 21.3 Å². The summed E-state index contributed by atoms with van der Waals surface area (Å²) < 4.78 is 13.7. The Morgan fingerprint density at radius 3 is 2.65 bits per heavy atom. The summed E-state index contributed by atoms with van der Waals surface area (Å²) in [5.74, 6) is -0.797. The number of anilines is 2. The monoisotopic (exact) mass is 437 g/mol. The topological polar surface area (TPSA) is 92.6 Å². The number of hydrogen-bond acceptors (Lipinski definition) is 5. The Balaban J connectivity index is 1.58. The molecule has 0 saturated carbocycles. The molecule has 9 heteroatoms. The Kier molecular flexibility index (Phi) is 5.68. The van der Waals surface area contributed by atoms with Crippen LogP contribution in [0.5, 0.6) is 0 Å². The van der Waals surface area contributed by atoms with Crippen LogP contribution in [0.15, 0.2) is 72.8 Å². The normalized spacial score (nSPS) is 15.7. The zero-order valence-corrected chi connectivity index (χ0v) is 16.8. The van der Waals surface area contributed by atoms with Gasteiger partial charge in [-0.2, -0.15) is 0 Å². The zero-order valence-electron chi connectivity index (χ0n) is 16.0. The summed E-state index contributed by atoms with van der Waals surface area (Å²) in [4.78, 5) is 36.9. The van der Waals surface area contributed by atoms with E-state index in [-0.39, 0.29) is 28.3 Å². The van der Waals surface area contributed by atoms with Crippen molar-refractivity contribution in [1.82, 2.24) is 0 Å². The van der Waals surface area contributed by atoms with Crippen LogP contribution in [-0.4, -0.2) is 22.5 Å². The van der Waals surface area contributed by atoms with Gasteiger partial charge in [-0.3, -0.25) is 24.6 Å². The number of nitrogens with one attached hydrogen (secondary N) is 1. The van der Waals surface area contributed by atoms with Crippen molar-refractivity contribution < 1.29 is 18.9 Å². The van der Waals surface area contributed by atoms with E-state index in [0.717, 1.165) is 5.56 Å². The van der Waals surface area contributed by atoms with Gasteiger partial charge in [0, 0.05) is 29.1 Å². The van der Waals surface area contributed by atoms with Gasteiger partial charge in [0.25, 0.3) is 11.6 Å². The third-order valence-corrected chi connectivity index (χ3v) is 5.92. The number of nitro benzene ring substituents is 1. The first kappa shape index (κ1) is 20.5. The molecule has 4 rings (SSSR count). The summed E-state index contributed by atoms with van der Waals surface area (Å²) in [7, 11) is 0. The highest BCUT2D eigenvalue weighted by atomic mass is 32.2. The summed E-state index contributed by atoms with van der Waals surface area (Å²) in [6.45, 7) is 0. The van der Waals surface area contributed by atoms with E-state index in [1.54, 1.807) is 30.3 Å². The minimum absolute atomic E-state index is 0.133. The molecule has 3 aromatic rings. The van der Waals surface area contributed by atoms with Crippen molar-refractivity contribution in [3.05, 3.63) is 99.9 Å². The second-order valence-electron chi connectivity index (χ2n) is 6.79. The fourth-order valence-electron chi connectivity index (χ4n) is 3.31. The van der Waals surface area contributed by atoms with Crippen LogP contribution in [0.2, 0.25) is 0 Å². The predicted octanol–water partition coefficient (Wildman–Crippen LogP) is 4.76. The molecule has 2 amide bonds. The van der Waals surface area contributed by atoms with Crippen LogP contribution in [0, 0.1) is 15.9 Å². The van der Waals surface area contributed by atoms with Gasteiger partial charge in [0.1, 0.15) is 11.2 Å². The standard InChI is InChI=1S/C22H16FN3O4S/c23-16-6-3-8-18(12-16)25-20(27)13-31-22(25)15-5-1-7-17(10-15)24-21(28)14-4-2-9-19(11-14)26(29)30/h1-12,22H,13H2,(H,24,28)/t22-/m1/s1. The fraction of sp³-hybridized carbons (Fsp3) is 0.0909. The number of amides is 2. The predicted molar refractivity (Wildman–Crippen MR) is 117 cm³/mol. The van der Waals surface area contributed by atoms with Crippen LogP contribution in [0.4, 0.5) is 21.5 Å². The average Bonchev–Trinajstić information content (AvgIpc) is 3.15. The molecule has 1 fully saturated rings. The van der Waals surface area contributed by atoms with E-state index in [1.807, 2.05) is 6.07 Å². The molecule has 1 saturated heterocycles. The Labute approximate surface area is 181 Å².